The third-order valence-electron chi connectivity index (χ3n) is 4.31. The summed E-state index contributed by atoms with van der Waals surface area (Å²) in [5.41, 5.74) is 2.54. The summed E-state index contributed by atoms with van der Waals surface area (Å²) in [4.78, 5) is 6.67. The van der Waals surface area contributed by atoms with Crippen LogP contribution in [0.4, 0.5) is 4.39 Å². The van der Waals surface area contributed by atoms with E-state index in [9.17, 15) is 4.39 Å². The van der Waals surface area contributed by atoms with Crippen molar-refractivity contribution in [3.63, 3.8) is 0 Å². The Labute approximate surface area is 163 Å². The fourth-order valence-electron chi connectivity index (χ4n) is 3.00. The minimum absolute atomic E-state index is 0.270. The first-order valence-electron chi connectivity index (χ1n) is 8.44. The Kier molecular flexibility index (Phi) is 5.00. The first-order chi connectivity index (χ1) is 13.1. The lowest BCUT2D eigenvalue weighted by Crippen LogP contribution is -2.23. The quantitative estimate of drug-likeness (QED) is 0.461. The zero-order chi connectivity index (χ0) is 18.8. The van der Waals surface area contributed by atoms with E-state index in [2.05, 4.69) is 36.0 Å². The summed E-state index contributed by atoms with van der Waals surface area (Å²) in [5.74, 6) is 1.39. The van der Waals surface area contributed by atoms with Gasteiger partial charge in [0.15, 0.2) is 5.65 Å². The molecule has 4 aromatic rings. The van der Waals surface area contributed by atoms with E-state index in [0.717, 1.165) is 33.0 Å². The summed E-state index contributed by atoms with van der Waals surface area (Å²) < 4.78 is 21.6. The molecule has 1 aromatic carbocycles. The van der Waals surface area contributed by atoms with Crippen molar-refractivity contribution in [1.29, 1.82) is 0 Å². The Balaban J connectivity index is 1.64. The lowest BCUT2D eigenvalue weighted by Gasteiger charge is -2.22. The second kappa shape index (κ2) is 7.58. The van der Waals surface area contributed by atoms with Gasteiger partial charge in [-0.2, -0.15) is 0 Å². The molecule has 4 rings (SSSR count). The van der Waals surface area contributed by atoms with Crippen molar-refractivity contribution < 1.29 is 8.81 Å². The van der Waals surface area contributed by atoms with Crippen LogP contribution >= 0.6 is 15.9 Å². The molecule has 0 saturated carbocycles. The SMILES string of the molecule is Cc1nnc2c(CN(Cc3ccco3)Cc3ccc(F)cc3Br)nccn12. The van der Waals surface area contributed by atoms with Gasteiger partial charge in [0.05, 0.1) is 18.5 Å². The topological polar surface area (TPSA) is 59.5 Å². The van der Waals surface area contributed by atoms with Gasteiger partial charge in [-0.1, -0.05) is 22.0 Å². The van der Waals surface area contributed by atoms with E-state index in [1.807, 2.05) is 29.7 Å². The van der Waals surface area contributed by atoms with Gasteiger partial charge in [-0.3, -0.25) is 14.3 Å². The summed E-state index contributed by atoms with van der Waals surface area (Å²) in [7, 11) is 0. The molecule has 0 radical (unpaired) electrons. The molecule has 8 heteroatoms. The number of aromatic nitrogens is 4. The molecule has 0 amide bonds. The summed E-state index contributed by atoms with van der Waals surface area (Å²) in [6.07, 6.45) is 5.25. The minimum Gasteiger partial charge on any atom is -0.468 e. The molecule has 138 valence electrons. The average Bonchev–Trinajstić information content (AvgIpc) is 3.28. The molecule has 0 aliphatic heterocycles. The van der Waals surface area contributed by atoms with E-state index in [1.54, 1.807) is 18.5 Å². The zero-order valence-corrected chi connectivity index (χ0v) is 16.2. The van der Waals surface area contributed by atoms with Crippen LogP contribution in [0.5, 0.6) is 0 Å². The monoisotopic (exact) mass is 429 g/mol. The highest BCUT2D eigenvalue weighted by molar-refractivity contribution is 9.10. The van der Waals surface area contributed by atoms with E-state index in [4.69, 9.17) is 4.42 Å². The number of hydrogen-bond acceptors (Lipinski definition) is 5. The van der Waals surface area contributed by atoms with E-state index in [0.29, 0.717) is 19.6 Å². The van der Waals surface area contributed by atoms with E-state index in [-0.39, 0.29) is 5.82 Å². The third-order valence-corrected chi connectivity index (χ3v) is 5.05. The highest BCUT2D eigenvalue weighted by Gasteiger charge is 2.16. The maximum absolute atomic E-state index is 13.4. The number of rotatable bonds is 6. The fraction of sp³-hybridized carbons (Fsp3) is 0.211. The van der Waals surface area contributed by atoms with Crippen molar-refractivity contribution in [2.24, 2.45) is 0 Å². The molecule has 0 fully saturated rings. The number of benzene rings is 1. The molecule has 6 nitrogen and oxygen atoms in total. The average molecular weight is 430 g/mol. The lowest BCUT2D eigenvalue weighted by molar-refractivity contribution is 0.224. The van der Waals surface area contributed by atoms with Crippen LogP contribution in [0, 0.1) is 12.7 Å². The largest absolute Gasteiger partial charge is 0.468 e. The molecule has 0 aliphatic carbocycles. The van der Waals surface area contributed by atoms with Crippen LogP contribution in [-0.2, 0) is 19.6 Å². The Morgan fingerprint density at radius 3 is 2.85 bits per heavy atom. The molecule has 3 aromatic heterocycles. The normalized spacial score (nSPS) is 11.6. The van der Waals surface area contributed by atoms with Crippen LogP contribution in [-0.4, -0.2) is 24.5 Å². The van der Waals surface area contributed by atoms with Gasteiger partial charge in [-0.25, -0.2) is 4.39 Å². The molecule has 0 unspecified atom stereocenters. The van der Waals surface area contributed by atoms with Crippen molar-refractivity contribution in [2.45, 2.75) is 26.6 Å². The predicted octanol–water partition coefficient (Wildman–Crippen LogP) is 4.13. The molecular formula is C19H17BrFN5O. The Morgan fingerprint density at radius 2 is 2.07 bits per heavy atom. The number of hydrogen-bond donors (Lipinski definition) is 0. The molecule has 0 bridgehead atoms. The highest BCUT2D eigenvalue weighted by atomic mass is 79.9. The van der Waals surface area contributed by atoms with Crippen LogP contribution < -0.4 is 0 Å². The van der Waals surface area contributed by atoms with Gasteiger partial charge in [0, 0.05) is 30.0 Å². The Morgan fingerprint density at radius 1 is 1.19 bits per heavy atom. The fourth-order valence-corrected chi connectivity index (χ4v) is 3.47. The standard InChI is InChI=1S/C19H17BrFN5O/c1-13-23-24-19-18(22-6-7-26(13)19)12-25(11-16-3-2-8-27-16)10-14-4-5-15(21)9-17(14)20/h2-9H,10-12H2,1H3. The molecular weight excluding hydrogens is 413 g/mol. The van der Waals surface area contributed by atoms with Crippen LogP contribution in [0.1, 0.15) is 22.8 Å². The maximum Gasteiger partial charge on any atom is 0.183 e. The zero-order valence-electron chi connectivity index (χ0n) is 14.6. The number of nitrogens with zero attached hydrogens (tertiary/aromatic N) is 5. The molecule has 27 heavy (non-hydrogen) atoms. The number of furan rings is 1. The number of halogens is 2. The first-order valence-corrected chi connectivity index (χ1v) is 9.23. The Bertz CT molecular complexity index is 1060. The van der Waals surface area contributed by atoms with Crippen LogP contribution in [0.3, 0.4) is 0 Å². The summed E-state index contributed by atoms with van der Waals surface area (Å²) in [5, 5.41) is 8.38. The van der Waals surface area contributed by atoms with Gasteiger partial charge in [-0.15, -0.1) is 10.2 Å². The van der Waals surface area contributed by atoms with Crippen LogP contribution in [0.15, 0.2) is 57.9 Å². The smallest absolute Gasteiger partial charge is 0.183 e. The van der Waals surface area contributed by atoms with Gasteiger partial charge in [-0.05, 0) is 36.8 Å². The van der Waals surface area contributed by atoms with Crippen molar-refractivity contribution in [3.05, 3.63) is 82.1 Å². The summed E-state index contributed by atoms with van der Waals surface area (Å²) >= 11 is 3.45. The van der Waals surface area contributed by atoms with E-state index in [1.165, 1.54) is 12.1 Å². The van der Waals surface area contributed by atoms with Crippen molar-refractivity contribution in [3.8, 4) is 0 Å². The third kappa shape index (κ3) is 3.91. The van der Waals surface area contributed by atoms with E-state index >= 15 is 0 Å². The number of fused-ring (bicyclic) bond motifs is 1. The number of aryl methyl sites for hydroxylation is 1. The molecule has 0 N–H and O–H groups in total. The molecule has 0 spiro atoms. The van der Waals surface area contributed by atoms with E-state index < -0.39 is 0 Å². The second-order valence-corrected chi connectivity index (χ2v) is 7.13. The predicted molar refractivity (Wildman–Crippen MR) is 101 cm³/mol. The first kappa shape index (κ1) is 17.8. The molecule has 3 heterocycles. The van der Waals surface area contributed by atoms with Crippen LogP contribution in [0.2, 0.25) is 0 Å². The minimum atomic E-state index is -0.270. The van der Waals surface area contributed by atoms with Gasteiger partial charge in [0.25, 0.3) is 0 Å². The summed E-state index contributed by atoms with van der Waals surface area (Å²) in [6, 6.07) is 8.52. The molecule has 0 atom stereocenters. The van der Waals surface area contributed by atoms with Crippen molar-refractivity contribution >= 4 is 21.6 Å². The molecule has 0 aliphatic rings. The van der Waals surface area contributed by atoms with Gasteiger partial charge >= 0.3 is 0 Å². The lowest BCUT2D eigenvalue weighted by atomic mass is 10.2. The van der Waals surface area contributed by atoms with Crippen molar-refractivity contribution in [2.75, 3.05) is 0 Å². The van der Waals surface area contributed by atoms with Gasteiger partial charge in [0.1, 0.15) is 17.4 Å². The van der Waals surface area contributed by atoms with Gasteiger partial charge in [0.2, 0.25) is 0 Å². The maximum atomic E-state index is 13.4. The molecule has 0 saturated heterocycles. The summed E-state index contributed by atoms with van der Waals surface area (Å²) in [6.45, 7) is 3.64. The van der Waals surface area contributed by atoms with Gasteiger partial charge < -0.3 is 4.42 Å². The Hall–Kier alpha value is -2.58. The highest BCUT2D eigenvalue weighted by Crippen LogP contribution is 2.22. The second-order valence-electron chi connectivity index (χ2n) is 6.28. The van der Waals surface area contributed by atoms with Crippen LogP contribution in [0.25, 0.3) is 5.65 Å². The van der Waals surface area contributed by atoms with Crippen molar-refractivity contribution in [1.82, 2.24) is 24.5 Å².